The average molecular weight is 166 g/mol. The predicted molar refractivity (Wildman–Crippen MR) is 51.6 cm³/mol. The Morgan fingerprint density at radius 2 is 2.36 bits per heavy atom. The number of hydrogen-bond donors (Lipinski definition) is 2. The van der Waals surface area contributed by atoms with Gasteiger partial charge in [-0.1, -0.05) is 24.4 Å². The van der Waals surface area contributed by atoms with E-state index < -0.39 is 0 Å². The summed E-state index contributed by atoms with van der Waals surface area (Å²) in [6.07, 6.45) is 0. The topological polar surface area (TPSA) is 38.0 Å². The molecule has 0 saturated heterocycles. The molecule has 0 aromatic heterocycles. The fourth-order valence-corrected chi connectivity index (χ4v) is 0.992. The van der Waals surface area contributed by atoms with Gasteiger partial charge in [0.25, 0.3) is 0 Å². The first kappa shape index (κ1) is 8.17. The Bertz CT molecular complexity index is 248. The van der Waals surface area contributed by atoms with Crippen LogP contribution in [0.25, 0.3) is 0 Å². The van der Waals surface area contributed by atoms with Gasteiger partial charge in [0.1, 0.15) is 0 Å². The van der Waals surface area contributed by atoms with Crippen LogP contribution in [-0.4, -0.2) is 5.49 Å². The van der Waals surface area contributed by atoms with Crippen molar-refractivity contribution in [3.8, 4) is 0 Å². The molecule has 0 atom stereocenters. The second-order valence-corrected chi connectivity index (χ2v) is 2.40. The molecule has 0 heterocycles. The van der Waals surface area contributed by atoms with Gasteiger partial charge in [-0.15, -0.1) is 0 Å². The Labute approximate surface area is 71.4 Å². The van der Waals surface area contributed by atoms with Crippen molar-refractivity contribution in [3.63, 3.8) is 0 Å². The fraction of sp³-hybridized carbons (Fsp3) is 0.125. The summed E-state index contributed by atoms with van der Waals surface area (Å²) < 4.78 is 0. The Morgan fingerprint density at radius 1 is 1.55 bits per heavy atom. The Hall–Kier alpha value is -0.930. The quantitative estimate of drug-likeness (QED) is 0.668. The number of nitrogens with one attached hydrogen (secondary N) is 1. The number of nitrogens with two attached hydrogens (primary N) is 1. The molecule has 0 fully saturated rings. The minimum absolute atomic E-state index is 0.562. The molecule has 0 aliphatic heterocycles. The van der Waals surface area contributed by atoms with Gasteiger partial charge in [0.2, 0.25) is 0 Å². The maximum Gasteiger partial charge on any atom is 0.0658 e. The van der Waals surface area contributed by atoms with E-state index in [1.165, 1.54) is 5.49 Å². The Morgan fingerprint density at radius 3 is 3.00 bits per heavy atom. The highest BCUT2D eigenvalue weighted by Gasteiger charge is 1.90. The van der Waals surface area contributed by atoms with Crippen LogP contribution in [0.3, 0.4) is 0 Å². The molecule has 0 aliphatic carbocycles. The number of hydrogen-bond acceptors (Lipinski definition) is 2. The van der Waals surface area contributed by atoms with E-state index in [1.807, 2.05) is 24.3 Å². The van der Waals surface area contributed by atoms with Gasteiger partial charge in [-0.25, -0.2) is 0 Å². The van der Waals surface area contributed by atoms with E-state index in [9.17, 15) is 0 Å². The van der Waals surface area contributed by atoms with E-state index >= 15 is 0 Å². The summed E-state index contributed by atoms with van der Waals surface area (Å²) in [4.78, 5) is 0. The Kier molecular flexibility index (Phi) is 3.01. The zero-order valence-electron chi connectivity index (χ0n) is 6.08. The van der Waals surface area contributed by atoms with Crippen LogP contribution in [0.4, 0.5) is 5.69 Å². The lowest BCUT2D eigenvalue weighted by molar-refractivity contribution is 1.07. The smallest absolute Gasteiger partial charge is 0.0658 e. The van der Waals surface area contributed by atoms with Crippen LogP contribution < -0.4 is 11.1 Å². The van der Waals surface area contributed by atoms with Crippen LogP contribution in [0.5, 0.6) is 0 Å². The van der Waals surface area contributed by atoms with E-state index in [4.69, 9.17) is 5.73 Å². The third-order valence-electron chi connectivity index (χ3n) is 1.39. The average Bonchev–Trinajstić information content (AvgIpc) is 2.06. The fourth-order valence-electron chi connectivity index (χ4n) is 0.856. The van der Waals surface area contributed by atoms with Gasteiger partial charge >= 0.3 is 0 Å². The lowest BCUT2D eigenvalue weighted by Gasteiger charge is -2.00. The second-order valence-electron chi connectivity index (χ2n) is 2.17. The van der Waals surface area contributed by atoms with Gasteiger partial charge in [-0.3, -0.25) is 0 Å². The zero-order valence-corrected chi connectivity index (χ0v) is 6.90. The summed E-state index contributed by atoms with van der Waals surface area (Å²) in [6, 6.07) is 7.85. The summed E-state index contributed by atoms with van der Waals surface area (Å²) in [6.45, 7) is 0.562. The van der Waals surface area contributed by atoms with E-state index in [0.29, 0.717) is 6.54 Å². The first-order valence-electron chi connectivity index (χ1n) is 3.36. The van der Waals surface area contributed by atoms with E-state index in [2.05, 4.69) is 17.5 Å². The minimum atomic E-state index is 0.562. The molecule has 1 rings (SSSR count). The molecular weight excluding hydrogens is 156 g/mol. The molecule has 3 heteroatoms. The molecule has 0 spiro atoms. The van der Waals surface area contributed by atoms with Gasteiger partial charge in [0, 0.05) is 12.2 Å². The van der Waals surface area contributed by atoms with Crippen LogP contribution >= 0.6 is 12.2 Å². The van der Waals surface area contributed by atoms with Crippen LogP contribution in [0.15, 0.2) is 24.3 Å². The maximum absolute atomic E-state index is 5.45. The van der Waals surface area contributed by atoms with E-state index in [0.717, 1.165) is 11.3 Å². The lowest BCUT2D eigenvalue weighted by atomic mass is 10.2. The van der Waals surface area contributed by atoms with Gasteiger partial charge in [-0.05, 0) is 17.7 Å². The first-order chi connectivity index (χ1) is 5.36. The summed E-state index contributed by atoms with van der Waals surface area (Å²) >= 11 is 4.65. The van der Waals surface area contributed by atoms with Crippen LogP contribution in [0.1, 0.15) is 5.56 Å². The maximum atomic E-state index is 5.45. The standard InChI is InChI=1S/C8H10N2S/c9-5-7-2-1-3-8(4-7)10-6-11/h1-4,6H,5,9H2,(H,10,11). The molecule has 0 aliphatic rings. The summed E-state index contributed by atoms with van der Waals surface area (Å²) in [7, 11) is 0. The highest BCUT2D eigenvalue weighted by atomic mass is 32.1. The monoisotopic (exact) mass is 166 g/mol. The number of rotatable bonds is 3. The van der Waals surface area contributed by atoms with Crippen molar-refractivity contribution in [2.75, 3.05) is 5.32 Å². The Balaban J connectivity index is 2.82. The third-order valence-corrected chi connectivity index (χ3v) is 1.51. The molecule has 0 saturated carbocycles. The van der Waals surface area contributed by atoms with Gasteiger partial charge < -0.3 is 11.1 Å². The van der Waals surface area contributed by atoms with Gasteiger partial charge in [0.05, 0.1) is 5.49 Å². The largest absolute Gasteiger partial charge is 0.353 e. The highest BCUT2D eigenvalue weighted by Crippen LogP contribution is 2.08. The normalized spacial score (nSPS) is 9.18. The van der Waals surface area contributed by atoms with E-state index in [-0.39, 0.29) is 0 Å². The third kappa shape index (κ3) is 2.29. The summed E-state index contributed by atoms with van der Waals surface area (Å²) in [5.74, 6) is 0. The van der Waals surface area contributed by atoms with Crippen molar-refractivity contribution in [2.45, 2.75) is 6.54 Å². The van der Waals surface area contributed by atoms with Crippen molar-refractivity contribution in [1.82, 2.24) is 0 Å². The summed E-state index contributed by atoms with van der Waals surface area (Å²) in [5.41, 5.74) is 9.03. The molecule has 0 amide bonds. The molecule has 3 N–H and O–H groups in total. The molecule has 0 unspecified atom stereocenters. The van der Waals surface area contributed by atoms with Crippen LogP contribution in [0.2, 0.25) is 0 Å². The van der Waals surface area contributed by atoms with Crippen LogP contribution in [-0.2, 0) is 6.54 Å². The molecule has 0 radical (unpaired) electrons. The molecule has 1 aromatic carbocycles. The number of thiocarbonyl (C=S) groups is 1. The predicted octanol–water partition coefficient (Wildman–Crippen LogP) is 1.51. The SMILES string of the molecule is NCc1cccc(NC=S)c1. The minimum Gasteiger partial charge on any atom is -0.353 e. The number of anilines is 1. The number of benzene rings is 1. The van der Waals surface area contributed by atoms with Crippen molar-refractivity contribution in [1.29, 1.82) is 0 Å². The molecule has 1 aromatic rings. The van der Waals surface area contributed by atoms with E-state index in [1.54, 1.807) is 0 Å². The highest BCUT2D eigenvalue weighted by molar-refractivity contribution is 7.79. The lowest BCUT2D eigenvalue weighted by Crippen LogP contribution is -1.98. The van der Waals surface area contributed by atoms with Gasteiger partial charge in [-0.2, -0.15) is 0 Å². The van der Waals surface area contributed by atoms with Crippen molar-refractivity contribution >= 4 is 23.4 Å². The van der Waals surface area contributed by atoms with Crippen LogP contribution in [0, 0.1) is 0 Å². The first-order valence-corrected chi connectivity index (χ1v) is 3.83. The molecule has 11 heavy (non-hydrogen) atoms. The van der Waals surface area contributed by atoms with Gasteiger partial charge in [0.15, 0.2) is 0 Å². The van der Waals surface area contributed by atoms with Crippen molar-refractivity contribution in [2.24, 2.45) is 5.73 Å². The van der Waals surface area contributed by atoms with Crippen molar-refractivity contribution in [3.05, 3.63) is 29.8 Å². The summed E-state index contributed by atoms with van der Waals surface area (Å²) in [5, 5.41) is 2.92. The molecule has 2 nitrogen and oxygen atoms in total. The van der Waals surface area contributed by atoms with Crippen molar-refractivity contribution < 1.29 is 0 Å². The zero-order chi connectivity index (χ0) is 8.10. The second kappa shape index (κ2) is 4.05. The molecular formula is C8H10N2S. The molecule has 58 valence electrons. The molecule has 0 bridgehead atoms.